The monoisotopic (exact) mass is 484 g/mol. The summed E-state index contributed by atoms with van der Waals surface area (Å²) < 4.78 is 6.23. The number of amides is 1. The summed E-state index contributed by atoms with van der Waals surface area (Å²) in [7, 11) is 0. The lowest BCUT2D eigenvalue weighted by Gasteiger charge is -2.27. The second-order valence-electron chi connectivity index (χ2n) is 6.89. The highest BCUT2D eigenvalue weighted by molar-refractivity contribution is 14.1. The Morgan fingerprint density at radius 1 is 1.38 bits per heavy atom. The molecule has 1 aliphatic heterocycles. The Balaban J connectivity index is 1.69. The van der Waals surface area contributed by atoms with Crippen molar-refractivity contribution in [3.8, 4) is 11.5 Å². The van der Waals surface area contributed by atoms with Crippen molar-refractivity contribution in [1.29, 1.82) is 0 Å². The van der Waals surface area contributed by atoms with Crippen LogP contribution in [0.1, 0.15) is 52.8 Å². The first-order valence-electron chi connectivity index (χ1n) is 8.85. The van der Waals surface area contributed by atoms with Gasteiger partial charge in [-0.2, -0.15) is 0 Å². The molecule has 3 N–H and O–H groups in total. The first-order valence-corrected chi connectivity index (χ1v) is 10.7. The maximum Gasteiger partial charge on any atom is 0.256 e. The minimum atomic E-state index is -0.333. The van der Waals surface area contributed by atoms with Crippen molar-refractivity contribution < 1.29 is 14.6 Å². The number of carbonyl (C=O) groups excluding carboxylic acids is 1. The average Bonchev–Trinajstić information content (AvgIpc) is 2.96. The van der Waals surface area contributed by atoms with E-state index in [-0.39, 0.29) is 17.8 Å². The van der Waals surface area contributed by atoms with Gasteiger partial charge in [-0.15, -0.1) is 11.3 Å². The van der Waals surface area contributed by atoms with E-state index in [1.165, 1.54) is 10.4 Å². The Bertz CT molecular complexity index is 880. The zero-order valence-electron chi connectivity index (χ0n) is 14.7. The molecule has 0 bridgehead atoms. The van der Waals surface area contributed by atoms with E-state index in [9.17, 15) is 9.90 Å². The Hall–Kier alpha value is -1.48. The quantitative estimate of drug-likeness (QED) is 0.564. The lowest BCUT2D eigenvalue weighted by atomic mass is 9.88. The first-order chi connectivity index (χ1) is 12.5. The maximum atomic E-state index is 12.8. The number of hydrogen-bond donors (Lipinski definition) is 3. The number of benzene rings is 1. The number of carbonyl (C=O) groups is 1. The highest BCUT2D eigenvalue weighted by Crippen LogP contribution is 2.43. The van der Waals surface area contributed by atoms with E-state index in [0.29, 0.717) is 21.8 Å². The fraction of sp³-hybridized carbons (Fsp3) is 0.421. The van der Waals surface area contributed by atoms with Gasteiger partial charge in [-0.05, 0) is 78.0 Å². The van der Waals surface area contributed by atoms with Crippen molar-refractivity contribution in [3.05, 3.63) is 37.3 Å². The van der Waals surface area contributed by atoms with Gasteiger partial charge in [0.05, 0.1) is 15.7 Å². The Labute approximate surface area is 170 Å². The molecule has 1 amide bonds. The largest absolute Gasteiger partial charge is 0.504 e. The molecule has 2 heterocycles. The van der Waals surface area contributed by atoms with Crippen LogP contribution in [0.15, 0.2) is 12.1 Å². The fourth-order valence-electron chi connectivity index (χ4n) is 3.66. The minimum Gasteiger partial charge on any atom is -0.504 e. The third kappa shape index (κ3) is 3.05. The molecule has 0 spiro atoms. The van der Waals surface area contributed by atoms with Gasteiger partial charge in [0.2, 0.25) is 0 Å². The van der Waals surface area contributed by atoms with Gasteiger partial charge in [0.1, 0.15) is 11.2 Å². The number of rotatable bonds is 3. The molecule has 0 unspecified atom stereocenters. The zero-order valence-corrected chi connectivity index (χ0v) is 17.7. The molecular weight excluding hydrogens is 463 g/mol. The summed E-state index contributed by atoms with van der Waals surface area (Å²) in [5, 5.41) is 17.7. The van der Waals surface area contributed by atoms with Crippen LogP contribution in [0.2, 0.25) is 0 Å². The number of phenols is 1. The molecule has 2 aromatic rings. The smallest absolute Gasteiger partial charge is 0.256 e. The van der Waals surface area contributed by atoms with Crippen LogP contribution in [-0.4, -0.2) is 17.6 Å². The van der Waals surface area contributed by atoms with Gasteiger partial charge < -0.3 is 20.5 Å². The molecule has 1 aromatic carbocycles. The number of phenolic OH excluding ortho intramolecular Hbond substituents is 1. The summed E-state index contributed by atoms with van der Waals surface area (Å²) in [5.41, 5.74) is 2.92. The van der Waals surface area contributed by atoms with E-state index >= 15 is 0 Å². The predicted octanol–water partition coefficient (Wildman–Crippen LogP) is 4.44. The molecule has 0 saturated carbocycles. The lowest BCUT2D eigenvalue weighted by molar-refractivity contribution is 0.0935. The van der Waals surface area contributed by atoms with Crippen molar-refractivity contribution in [3.63, 3.8) is 0 Å². The number of aromatic hydroxyl groups is 1. The van der Waals surface area contributed by atoms with Crippen molar-refractivity contribution in [2.45, 2.75) is 39.3 Å². The van der Waals surface area contributed by atoms with E-state index in [0.717, 1.165) is 35.4 Å². The van der Waals surface area contributed by atoms with Crippen LogP contribution in [0.25, 0.3) is 0 Å². The van der Waals surface area contributed by atoms with Crippen LogP contribution in [0.4, 0.5) is 5.00 Å². The van der Waals surface area contributed by atoms with Crippen molar-refractivity contribution in [1.82, 2.24) is 5.32 Å². The molecule has 1 aromatic heterocycles. The Morgan fingerprint density at radius 3 is 2.96 bits per heavy atom. The fourth-order valence-corrected chi connectivity index (χ4v) is 5.72. The maximum absolute atomic E-state index is 12.8. The number of fused-ring (bicyclic) bond motifs is 3. The summed E-state index contributed by atoms with van der Waals surface area (Å²) in [4.78, 5) is 14.2. The molecule has 4 rings (SSSR count). The van der Waals surface area contributed by atoms with E-state index < -0.39 is 0 Å². The minimum absolute atomic E-state index is 0.0168. The molecular formula is C19H21IN2O3S. The Morgan fingerprint density at radius 2 is 2.19 bits per heavy atom. The molecule has 0 saturated heterocycles. The van der Waals surface area contributed by atoms with Crippen molar-refractivity contribution in [2.24, 2.45) is 5.92 Å². The molecule has 1 aliphatic carbocycles. The summed E-state index contributed by atoms with van der Waals surface area (Å²) >= 11 is 3.79. The molecule has 2 aliphatic rings. The number of thiophene rings is 1. The van der Waals surface area contributed by atoms with E-state index in [4.69, 9.17) is 4.74 Å². The predicted molar refractivity (Wildman–Crippen MR) is 111 cm³/mol. The third-order valence-corrected chi connectivity index (χ3v) is 6.98. The lowest BCUT2D eigenvalue weighted by Crippen LogP contribution is -2.38. The second kappa shape index (κ2) is 6.92. The number of hydrogen-bond acceptors (Lipinski definition) is 5. The molecule has 0 radical (unpaired) electrons. The van der Waals surface area contributed by atoms with Crippen LogP contribution >= 0.6 is 33.9 Å². The summed E-state index contributed by atoms with van der Waals surface area (Å²) in [5.74, 6) is 1.24. The van der Waals surface area contributed by atoms with E-state index in [2.05, 4.69) is 40.1 Å². The van der Waals surface area contributed by atoms with Crippen LogP contribution in [0.3, 0.4) is 0 Å². The van der Waals surface area contributed by atoms with Crippen molar-refractivity contribution in [2.75, 3.05) is 11.9 Å². The van der Waals surface area contributed by atoms with E-state index in [1.807, 2.05) is 13.0 Å². The Kier molecular flexibility index (Phi) is 4.77. The first kappa shape index (κ1) is 17.9. The van der Waals surface area contributed by atoms with E-state index in [1.54, 1.807) is 17.4 Å². The molecule has 26 heavy (non-hydrogen) atoms. The van der Waals surface area contributed by atoms with Gasteiger partial charge in [0.25, 0.3) is 5.91 Å². The zero-order chi connectivity index (χ0) is 18.4. The van der Waals surface area contributed by atoms with Crippen LogP contribution in [-0.2, 0) is 12.8 Å². The standard InChI is InChI=1S/C19H21IN2O3S/c1-3-25-13-8-10(7-12(20)16(13)23)17-21-18(24)15-11-5-4-9(2)6-14(11)26-19(15)22-17/h7-9,17,22-23H,3-6H2,1-2H3,(H,21,24)/t9-,17-/m1/s1. The van der Waals surface area contributed by atoms with Gasteiger partial charge in [0, 0.05) is 4.88 Å². The van der Waals surface area contributed by atoms with Crippen LogP contribution in [0.5, 0.6) is 11.5 Å². The summed E-state index contributed by atoms with van der Waals surface area (Å²) in [6, 6.07) is 3.66. The highest BCUT2D eigenvalue weighted by Gasteiger charge is 2.33. The average molecular weight is 484 g/mol. The third-order valence-electron chi connectivity index (χ3n) is 4.97. The molecule has 5 nitrogen and oxygen atoms in total. The second-order valence-corrected chi connectivity index (χ2v) is 9.16. The normalized spacial score (nSPS) is 21.4. The van der Waals surface area contributed by atoms with Gasteiger partial charge in [-0.25, -0.2) is 0 Å². The topological polar surface area (TPSA) is 70.6 Å². The van der Waals surface area contributed by atoms with Crippen molar-refractivity contribution >= 4 is 44.8 Å². The van der Waals surface area contributed by atoms with Gasteiger partial charge in [-0.3, -0.25) is 4.79 Å². The molecule has 7 heteroatoms. The number of halogens is 1. The molecule has 138 valence electrons. The molecule has 2 atom stereocenters. The molecule has 0 fully saturated rings. The number of nitrogens with one attached hydrogen (secondary N) is 2. The number of ether oxygens (including phenoxy) is 1. The highest BCUT2D eigenvalue weighted by atomic mass is 127. The summed E-state index contributed by atoms with van der Waals surface area (Å²) in [6.07, 6.45) is 2.84. The number of anilines is 1. The SMILES string of the molecule is CCOc1cc([C@@H]2NC(=O)c3c(sc4c3CC[C@@H](C)C4)N2)cc(I)c1O. The van der Waals surface area contributed by atoms with Crippen LogP contribution in [0, 0.1) is 9.49 Å². The van der Waals surface area contributed by atoms with Gasteiger partial charge in [-0.1, -0.05) is 6.92 Å². The summed E-state index contributed by atoms with van der Waals surface area (Å²) in [6.45, 7) is 4.62. The van der Waals surface area contributed by atoms with Gasteiger partial charge in [0.15, 0.2) is 11.5 Å². The van der Waals surface area contributed by atoms with Gasteiger partial charge >= 0.3 is 0 Å². The van der Waals surface area contributed by atoms with Crippen LogP contribution < -0.4 is 15.4 Å².